The average molecular weight is 724 g/mol. The molecule has 0 radical (unpaired) electrons. The standard InChI is InChI=1S/2C17H16ClN3O4/c1-2-13(17-19-6-3-7-20-17)24-15-9-14-10(8-11(15)18)12(21-25-14)4-5-16(22)23;1-2-14(13-4-3-7-19-20-13)24-16-9-15-10(8-11(16)18)12(21-25-15)5-6-17(22)23/h3,6-9,13H,2,4-5H2,1H3,(H,22,23);3-4,7-9,14H,2,5-6H2,1H3,(H,22,23). The summed E-state index contributed by atoms with van der Waals surface area (Å²) in [6.45, 7) is 3.94. The maximum atomic E-state index is 10.7. The normalized spacial score (nSPS) is 12.2. The van der Waals surface area contributed by atoms with Crippen molar-refractivity contribution >= 4 is 57.1 Å². The zero-order chi connectivity index (χ0) is 35.6. The Hall–Kier alpha value is -5.34. The van der Waals surface area contributed by atoms with Gasteiger partial charge in [-0.15, -0.1) is 0 Å². The van der Waals surface area contributed by atoms with E-state index in [1.54, 1.807) is 55.0 Å². The first-order valence-corrected chi connectivity index (χ1v) is 16.4. The van der Waals surface area contributed by atoms with Crippen LogP contribution in [0.25, 0.3) is 21.9 Å². The summed E-state index contributed by atoms with van der Waals surface area (Å²) in [5.74, 6) is -0.323. The highest BCUT2D eigenvalue weighted by Crippen LogP contribution is 2.36. The molecular formula is C34H32Cl2N6O8. The second kappa shape index (κ2) is 16.9. The molecule has 0 fully saturated rings. The molecule has 2 aromatic carbocycles. The van der Waals surface area contributed by atoms with Crippen LogP contribution in [0.5, 0.6) is 11.5 Å². The quantitative estimate of drug-likeness (QED) is 0.111. The molecule has 2 unspecified atom stereocenters. The monoisotopic (exact) mass is 722 g/mol. The molecule has 2 atom stereocenters. The van der Waals surface area contributed by atoms with Crippen LogP contribution in [0, 0.1) is 0 Å². The molecule has 14 nitrogen and oxygen atoms in total. The van der Waals surface area contributed by atoms with Crippen LogP contribution < -0.4 is 9.47 Å². The third-order valence-corrected chi connectivity index (χ3v) is 8.02. The van der Waals surface area contributed by atoms with Gasteiger partial charge in [0.1, 0.15) is 23.3 Å². The molecule has 0 spiro atoms. The molecule has 2 N–H and O–H groups in total. The van der Waals surface area contributed by atoms with Crippen LogP contribution in [0.1, 0.15) is 74.6 Å². The topological polar surface area (TPSA) is 197 Å². The fourth-order valence-electron chi connectivity index (χ4n) is 4.91. The minimum absolute atomic E-state index is 0.0257. The number of aromatic nitrogens is 6. The van der Waals surface area contributed by atoms with Gasteiger partial charge in [-0.25, -0.2) is 9.97 Å². The summed E-state index contributed by atoms with van der Waals surface area (Å²) in [6, 6.07) is 12.1. The third-order valence-electron chi connectivity index (χ3n) is 7.43. The zero-order valence-electron chi connectivity index (χ0n) is 27.0. The van der Waals surface area contributed by atoms with Gasteiger partial charge in [-0.1, -0.05) is 47.4 Å². The molecule has 0 aliphatic carbocycles. The Morgan fingerprint density at radius 1 is 0.760 bits per heavy atom. The SMILES string of the molecule is CCC(Oc1cc2onc(CCC(=O)O)c2cc1Cl)c1cccnn1.CCC(Oc1cc2onc(CCC(=O)O)c2cc1Cl)c1ncccn1. The maximum absolute atomic E-state index is 10.7. The van der Waals surface area contributed by atoms with Crippen LogP contribution in [-0.2, 0) is 22.4 Å². The van der Waals surface area contributed by atoms with Crippen LogP contribution in [0.2, 0.25) is 10.0 Å². The van der Waals surface area contributed by atoms with Gasteiger partial charge < -0.3 is 28.7 Å². The van der Waals surface area contributed by atoms with E-state index >= 15 is 0 Å². The van der Waals surface area contributed by atoms with Gasteiger partial charge in [0.25, 0.3) is 0 Å². The van der Waals surface area contributed by atoms with Gasteiger partial charge in [0.15, 0.2) is 23.1 Å². The van der Waals surface area contributed by atoms with Gasteiger partial charge in [-0.05, 0) is 43.2 Å². The number of halogens is 2. The Labute approximate surface area is 295 Å². The summed E-state index contributed by atoms with van der Waals surface area (Å²) in [4.78, 5) is 29.9. The number of hydrogen-bond acceptors (Lipinski definition) is 12. The predicted molar refractivity (Wildman–Crippen MR) is 181 cm³/mol. The number of fused-ring (bicyclic) bond motifs is 2. The third kappa shape index (κ3) is 9.01. The Kier molecular flexibility index (Phi) is 12.1. The van der Waals surface area contributed by atoms with Gasteiger partial charge in [-0.3, -0.25) is 9.59 Å². The van der Waals surface area contributed by atoms with E-state index in [2.05, 4.69) is 30.5 Å². The lowest BCUT2D eigenvalue weighted by atomic mass is 10.1. The van der Waals surface area contributed by atoms with Crippen molar-refractivity contribution in [3.8, 4) is 11.5 Å². The van der Waals surface area contributed by atoms with Crippen LogP contribution in [0.15, 0.2) is 70.1 Å². The first kappa shape index (κ1) is 36.0. The first-order chi connectivity index (χ1) is 24.2. The smallest absolute Gasteiger partial charge is 0.303 e. The number of carboxylic acid groups (broad SMARTS) is 2. The number of benzene rings is 2. The predicted octanol–water partition coefficient (Wildman–Crippen LogP) is 7.64. The zero-order valence-corrected chi connectivity index (χ0v) is 28.5. The van der Waals surface area contributed by atoms with E-state index in [4.69, 9.17) is 51.9 Å². The van der Waals surface area contributed by atoms with Crippen molar-refractivity contribution in [1.82, 2.24) is 30.5 Å². The number of nitrogens with zero attached hydrogens (tertiary/aromatic N) is 6. The molecule has 0 amide bonds. The number of hydrogen-bond donors (Lipinski definition) is 2. The number of aliphatic carboxylic acids is 2. The minimum Gasteiger partial charge on any atom is -0.482 e. The largest absolute Gasteiger partial charge is 0.482 e. The molecule has 260 valence electrons. The average Bonchev–Trinajstić information content (AvgIpc) is 3.70. The van der Waals surface area contributed by atoms with Gasteiger partial charge >= 0.3 is 11.9 Å². The van der Waals surface area contributed by atoms with Crippen molar-refractivity contribution in [3.63, 3.8) is 0 Å². The van der Waals surface area contributed by atoms with Crippen molar-refractivity contribution < 1.29 is 38.3 Å². The lowest BCUT2D eigenvalue weighted by molar-refractivity contribution is -0.138. The first-order valence-electron chi connectivity index (χ1n) is 15.6. The van der Waals surface area contributed by atoms with Crippen LogP contribution in [0.4, 0.5) is 0 Å². The summed E-state index contributed by atoms with van der Waals surface area (Å²) in [5, 5.41) is 35.6. The molecule has 0 bridgehead atoms. The molecule has 0 saturated heterocycles. The van der Waals surface area contributed by atoms with Gasteiger partial charge in [0, 0.05) is 54.3 Å². The highest BCUT2D eigenvalue weighted by Gasteiger charge is 2.20. The fourth-order valence-corrected chi connectivity index (χ4v) is 5.33. The summed E-state index contributed by atoms with van der Waals surface area (Å²) in [7, 11) is 0. The molecule has 4 aromatic heterocycles. The number of carbonyl (C=O) groups is 2. The number of carboxylic acids is 2. The molecule has 0 aliphatic heterocycles. The Balaban J connectivity index is 0.000000194. The van der Waals surface area contributed by atoms with Gasteiger partial charge in [0.2, 0.25) is 0 Å². The highest BCUT2D eigenvalue weighted by atomic mass is 35.5. The van der Waals surface area contributed by atoms with E-state index in [-0.39, 0.29) is 37.9 Å². The molecule has 16 heteroatoms. The molecule has 6 rings (SSSR count). The molecular weight excluding hydrogens is 691 g/mol. The summed E-state index contributed by atoms with van der Waals surface area (Å²) >= 11 is 12.7. The molecule has 0 saturated carbocycles. The van der Waals surface area contributed by atoms with E-state index < -0.39 is 11.9 Å². The fraction of sp³-hybridized carbons (Fsp3) is 0.294. The number of ether oxygens (including phenoxy) is 2. The van der Waals surface area contributed by atoms with Crippen LogP contribution in [0.3, 0.4) is 0 Å². The van der Waals surface area contributed by atoms with E-state index in [0.717, 1.165) is 0 Å². The number of rotatable bonds is 14. The maximum Gasteiger partial charge on any atom is 0.303 e. The van der Waals surface area contributed by atoms with Crippen molar-refractivity contribution in [2.45, 2.75) is 64.6 Å². The van der Waals surface area contributed by atoms with E-state index in [1.807, 2.05) is 19.9 Å². The molecule has 6 aromatic rings. The van der Waals surface area contributed by atoms with Crippen LogP contribution in [-0.4, -0.2) is 52.6 Å². The summed E-state index contributed by atoms with van der Waals surface area (Å²) in [6.07, 6.45) is 6.12. The minimum atomic E-state index is -0.893. The lowest BCUT2D eigenvalue weighted by Crippen LogP contribution is -2.10. The van der Waals surface area contributed by atoms with Crippen molar-refractivity contribution in [2.75, 3.05) is 0 Å². The number of aryl methyl sites for hydroxylation is 2. The summed E-state index contributed by atoms with van der Waals surface area (Å²) in [5.41, 5.74) is 2.81. The second-order valence-corrected chi connectivity index (χ2v) is 11.7. The Morgan fingerprint density at radius 3 is 1.74 bits per heavy atom. The highest BCUT2D eigenvalue weighted by molar-refractivity contribution is 6.33. The Bertz CT molecular complexity index is 1910. The molecule has 50 heavy (non-hydrogen) atoms. The van der Waals surface area contributed by atoms with Crippen molar-refractivity contribution in [2.24, 2.45) is 0 Å². The summed E-state index contributed by atoms with van der Waals surface area (Å²) < 4.78 is 22.5. The Morgan fingerprint density at radius 2 is 1.28 bits per heavy atom. The van der Waals surface area contributed by atoms with E-state index in [0.29, 0.717) is 79.2 Å². The van der Waals surface area contributed by atoms with Crippen LogP contribution >= 0.6 is 23.2 Å². The molecule has 0 aliphatic rings. The van der Waals surface area contributed by atoms with Gasteiger partial charge in [-0.2, -0.15) is 10.2 Å². The van der Waals surface area contributed by atoms with E-state index in [9.17, 15) is 9.59 Å². The lowest BCUT2D eigenvalue weighted by Gasteiger charge is -2.17. The van der Waals surface area contributed by atoms with E-state index in [1.165, 1.54) is 0 Å². The van der Waals surface area contributed by atoms with Crippen molar-refractivity contribution in [3.05, 3.63) is 94.0 Å². The second-order valence-electron chi connectivity index (χ2n) is 10.9. The molecule has 4 heterocycles. The van der Waals surface area contributed by atoms with Gasteiger partial charge in [0.05, 0.1) is 34.3 Å². The van der Waals surface area contributed by atoms with Crippen molar-refractivity contribution in [1.29, 1.82) is 0 Å².